The second-order valence-electron chi connectivity index (χ2n) is 3.81. The maximum Gasteiger partial charge on any atom is 0.418 e. The van der Waals surface area contributed by atoms with Gasteiger partial charge in [0.1, 0.15) is 5.15 Å². The molecule has 0 bridgehead atoms. The highest BCUT2D eigenvalue weighted by atomic mass is 35.5. The van der Waals surface area contributed by atoms with Gasteiger partial charge in [0, 0.05) is 7.05 Å². The summed E-state index contributed by atoms with van der Waals surface area (Å²) in [5.74, 6) is -0.245. The van der Waals surface area contributed by atoms with Crippen LogP contribution < -0.4 is 0 Å². The van der Waals surface area contributed by atoms with Crippen LogP contribution >= 0.6 is 11.6 Å². The Morgan fingerprint density at radius 2 is 1.88 bits per heavy atom. The molecule has 1 atom stereocenters. The minimum Gasteiger partial charge on any atom is -0.379 e. The number of nitrogens with zero attached hydrogens (tertiary/aromatic N) is 2. The molecule has 92 valence electrons. The first kappa shape index (κ1) is 13.3. The fourth-order valence-electron chi connectivity index (χ4n) is 1.38. The summed E-state index contributed by atoms with van der Waals surface area (Å²) in [5, 5.41) is 12.9. The zero-order chi connectivity index (χ0) is 12.7. The van der Waals surface area contributed by atoms with E-state index in [1.54, 1.807) is 13.8 Å². The topological polar surface area (TPSA) is 38.0 Å². The second kappa shape index (κ2) is 4.25. The van der Waals surface area contributed by atoms with Crippen molar-refractivity contribution in [3.8, 4) is 0 Å². The van der Waals surface area contributed by atoms with Crippen LogP contribution in [0.2, 0.25) is 5.15 Å². The number of aromatic nitrogens is 2. The molecule has 0 radical (unpaired) electrons. The molecule has 0 aliphatic carbocycles. The SMILES string of the molecule is CC(C)c1nn(C)c(Cl)c1[C@H](O)C(F)(F)F. The summed E-state index contributed by atoms with van der Waals surface area (Å²) in [6, 6.07) is 0. The van der Waals surface area contributed by atoms with Gasteiger partial charge in [0.05, 0.1) is 11.3 Å². The van der Waals surface area contributed by atoms with E-state index in [4.69, 9.17) is 11.6 Å². The standard InChI is InChI=1S/C9H12ClF3N2O/c1-4(2)6-5(7(16)9(11,12)13)8(10)15(3)14-6/h4,7,16H,1-3H3/t7-/m0/s1. The molecule has 1 rings (SSSR count). The van der Waals surface area contributed by atoms with Gasteiger partial charge in [0.2, 0.25) is 0 Å². The summed E-state index contributed by atoms with van der Waals surface area (Å²) >= 11 is 5.70. The van der Waals surface area contributed by atoms with Gasteiger partial charge in [-0.1, -0.05) is 25.4 Å². The average molecular weight is 257 g/mol. The maximum absolute atomic E-state index is 12.4. The Hall–Kier alpha value is -0.750. The maximum atomic E-state index is 12.4. The quantitative estimate of drug-likeness (QED) is 0.884. The highest BCUT2D eigenvalue weighted by Gasteiger charge is 2.43. The molecule has 3 nitrogen and oxygen atoms in total. The number of aliphatic hydroxyl groups is 1. The number of hydrogen-bond donors (Lipinski definition) is 1. The number of alkyl halides is 3. The van der Waals surface area contributed by atoms with Crippen molar-refractivity contribution in [1.29, 1.82) is 0 Å². The lowest BCUT2D eigenvalue weighted by molar-refractivity contribution is -0.207. The van der Waals surface area contributed by atoms with Gasteiger partial charge in [-0.15, -0.1) is 0 Å². The summed E-state index contributed by atoms with van der Waals surface area (Å²) in [7, 11) is 1.43. The second-order valence-corrected chi connectivity index (χ2v) is 4.17. The molecule has 1 aromatic rings. The minimum absolute atomic E-state index is 0.164. The first-order chi connectivity index (χ1) is 7.16. The van der Waals surface area contributed by atoms with Gasteiger partial charge in [-0.2, -0.15) is 18.3 Å². The van der Waals surface area contributed by atoms with Gasteiger partial charge in [0.15, 0.2) is 6.10 Å². The normalized spacial score (nSPS) is 14.6. The summed E-state index contributed by atoms with van der Waals surface area (Å²) < 4.78 is 38.4. The molecular weight excluding hydrogens is 245 g/mol. The fraction of sp³-hybridized carbons (Fsp3) is 0.667. The lowest BCUT2D eigenvalue weighted by atomic mass is 10.0. The molecule has 0 unspecified atom stereocenters. The van der Waals surface area contributed by atoms with Crippen molar-refractivity contribution in [3.63, 3.8) is 0 Å². The van der Waals surface area contributed by atoms with E-state index in [0.717, 1.165) is 4.68 Å². The molecule has 1 N–H and O–H groups in total. The molecule has 7 heteroatoms. The van der Waals surface area contributed by atoms with Crippen LogP contribution in [0.3, 0.4) is 0 Å². The van der Waals surface area contributed by atoms with Gasteiger partial charge >= 0.3 is 6.18 Å². The molecule has 16 heavy (non-hydrogen) atoms. The van der Waals surface area contributed by atoms with Crippen molar-refractivity contribution >= 4 is 11.6 Å². The summed E-state index contributed by atoms with van der Waals surface area (Å²) in [4.78, 5) is 0. The molecule has 0 aliphatic rings. The largest absolute Gasteiger partial charge is 0.418 e. The van der Waals surface area contributed by atoms with Crippen LogP contribution in [0, 0.1) is 0 Å². The third-order valence-corrected chi connectivity index (χ3v) is 2.62. The zero-order valence-corrected chi connectivity index (χ0v) is 9.76. The molecule has 0 amide bonds. The number of rotatable bonds is 2. The molecule has 0 spiro atoms. The van der Waals surface area contributed by atoms with Crippen LogP contribution in [-0.4, -0.2) is 21.1 Å². The number of aryl methyl sites for hydroxylation is 1. The Bertz CT molecular complexity index is 387. The molecule has 1 heterocycles. The van der Waals surface area contributed by atoms with Gasteiger partial charge in [-0.25, -0.2) is 0 Å². The predicted octanol–water partition coefficient (Wildman–Crippen LogP) is 2.79. The Labute approximate surface area is 95.8 Å². The van der Waals surface area contributed by atoms with E-state index in [2.05, 4.69) is 5.10 Å². The summed E-state index contributed by atoms with van der Waals surface area (Å²) in [6.45, 7) is 3.37. The third-order valence-electron chi connectivity index (χ3n) is 2.17. The minimum atomic E-state index is -4.74. The first-order valence-electron chi connectivity index (χ1n) is 4.63. The van der Waals surface area contributed by atoms with Crippen molar-refractivity contribution in [2.24, 2.45) is 7.05 Å². The van der Waals surface area contributed by atoms with Crippen LogP contribution in [0.1, 0.15) is 37.1 Å². The van der Waals surface area contributed by atoms with Crippen LogP contribution in [-0.2, 0) is 7.05 Å². The van der Waals surface area contributed by atoms with Crippen LogP contribution in [0.25, 0.3) is 0 Å². The van der Waals surface area contributed by atoms with Crippen molar-refractivity contribution in [1.82, 2.24) is 9.78 Å². The molecule has 0 saturated carbocycles. The van der Waals surface area contributed by atoms with Crippen molar-refractivity contribution in [3.05, 3.63) is 16.4 Å². The van der Waals surface area contributed by atoms with E-state index in [9.17, 15) is 18.3 Å². The van der Waals surface area contributed by atoms with Crippen LogP contribution in [0.15, 0.2) is 0 Å². The van der Waals surface area contributed by atoms with Crippen LogP contribution in [0.4, 0.5) is 13.2 Å². The van der Waals surface area contributed by atoms with E-state index in [1.165, 1.54) is 7.05 Å². The smallest absolute Gasteiger partial charge is 0.379 e. The van der Waals surface area contributed by atoms with E-state index in [0.29, 0.717) is 0 Å². The lowest BCUT2D eigenvalue weighted by Gasteiger charge is -2.16. The Kier molecular flexibility index (Phi) is 3.54. The van der Waals surface area contributed by atoms with Crippen molar-refractivity contribution in [2.45, 2.75) is 32.0 Å². The van der Waals surface area contributed by atoms with Crippen molar-refractivity contribution < 1.29 is 18.3 Å². The molecular formula is C9H12ClF3N2O. The Morgan fingerprint density at radius 3 is 2.25 bits per heavy atom. The van der Waals surface area contributed by atoms with Gasteiger partial charge in [0.25, 0.3) is 0 Å². The van der Waals surface area contributed by atoms with Crippen LogP contribution in [0.5, 0.6) is 0 Å². The molecule has 0 aromatic carbocycles. The summed E-state index contributed by atoms with van der Waals surface area (Å²) in [5.41, 5.74) is -0.191. The Balaban J connectivity index is 3.31. The first-order valence-corrected chi connectivity index (χ1v) is 5.01. The molecule has 0 saturated heterocycles. The third kappa shape index (κ3) is 2.32. The van der Waals surface area contributed by atoms with E-state index < -0.39 is 12.3 Å². The highest BCUT2D eigenvalue weighted by Crippen LogP contribution is 2.39. The monoisotopic (exact) mass is 256 g/mol. The molecule has 0 aliphatic heterocycles. The number of hydrogen-bond acceptors (Lipinski definition) is 2. The predicted molar refractivity (Wildman–Crippen MR) is 53.3 cm³/mol. The zero-order valence-electron chi connectivity index (χ0n) is 9.01. The molecule has 0 fully saturated rings. The molecule has 1 aromatic heterocycles. The number of aliphatic hydroxyl groups excluding tert-OH is 1. The summed E-state index contributed by atoms with van der Waals surface area (Å²) in [6.07, 6.45) is -7.33. The average Bonchev–Trinajstić information content (AvgIpc) is 2.41. The van der Waals surface area contributed by atoms with Gasteiger partial charge in [-0.3, -0.25) is 4.68 Å². The lowest BCUT2D eigenvalue weighted by Crippen LogP contribution is -2.21. The Morgan fingerprint density at radius 1 is 1.38 bits per heavy atom. The van der Waals surface area contributed by atoms with Crippen molar-refractivity contribution in [2.75, 3.05) is 0 Å². The van der Waals surface area contributed by atoms with E-state index in [1.807, 2.05) is 0 Å². The number of halogens is 4. The van der Waals surface area contributed by atoms with Gasteiger partial charge in [-0.05, 0) is 5.92 Å². The fourth-order valence-corrected chi connectivity index (χ4v) is 1.62. The van der Waals surface area contributed by atoms with Gasteiger partial charge < -0.3 is 5.11 Å². The van der Waals surface area contributed by atoms with E-state index in [-0.39, 0.29) is 22.3 Å². The highest BCUT2D eigenvalue weighted by molar-refractivity contribution is 6.30. The van der Waals surface area contributed by atoms with E-state index >= 15 is 0 Å².